The van der Waals surface area contributed by atoms with Gasteiger partial charge in [0.15, 0.2) is 0 Å². The van der Waals surface area contributed by atoms with Crippen molar-refractivity contribution in [3.63, 3.8) is 0 Å². The van der Waals surface area contributed by atoms with Crippen LogP contribution in [0.1, 0.15) is 16.7 Å². The first kappa shape index (κ1) is 20.3. The lowest BCUT2D eigenvalue weighted by Gasteiger charge is -2.39. The summed E-state index contributed by atoms with van der Waals surface area (Å²) < 4.78 is 11.1. The number of aromatic hydroxyl groups is 1. The van der Waals surface area contributed by atoms with Gasteiger partial charge < -0.3 is 35.0 Å². The summed E-state index contributed by atoms with van der Waals surface area (Å²) in [6.45, 7) is 1.37. The molecule has 150 valence electrons. The first-order valence-electron chi connectivity index (χ1n) is 8.93. The van der Waals surface area contributed by atoms with Gasteiger partial charge in [-0.2, -0.15) is 0 Å². The van der Waals surface area contributed by atoms with Crippen molar-refractivity contribution in [1.82, 2.24) is 0 Å². The van der Waals surface area contributed by atoms with E-state index in [2.05, 4.69) is 0 Å². The third-order valence-electron chi connectivity index (χ3n) is 4.54. The Morgan fingerprint density at radius 3 is 2.29 bits per heavy atom. The van der Waals surface area contributed by atoms with Gasteiger partial charge in [-0.15, -0.1) is 0 Å². The van der Waals surface area contributed by atoms with E-state index in [9.17, 15) is 25.5 Å². The molecule has 0 unspecified atom stereocenters. The first-order valence-corrected chi connectivity index (χ1v) is 8.93. The molecule has 2 aromatic carbocycles. The third-order valence-corrected chi connectivity index (χ3v) is 4.54. The lowest BCUT2D eigenvalue weighted by Crippen LogP contribution is -2.60. The molecule has 7 nitrogen and oxygen atoms in total. The van der Waals surface area contributed by atoms with Crippen LogP contribution in [0.3, 0.4) is 0 Å². The Balaban J connectivity index is 1.76. The third kappa shape index (κ3) is 4.70. The van der Waals surface area contributed by atoms with E-state index in [1.807, 2.05) is 25.1 Å². The van der Waals surface area contributed by atoms with E-state index in [4.69, 9.17) is 9.47 Å². The number of rotatable bonds is 5. The van der Waals surface area contributed by atoms with Crippen molar-refractivity contribution in [3.8, 4) is 11.5 Å². The van der Waals surface area contributed by atoms with Crippen molar-refractivity contribution < 1.29 is 35.0 Å². The van der Waals surface area contributed by atoms with E-state index in [0.29, 0.717) is 5.75 Å². The Kier molecular flexibility index (Phi) is 6.33. The average molecular weight is 388 g/mol. The van der Waals surface area contributed by atoms with Crippen molar-refractivity contribution >= 4 is 12.2 Å². The highest BCUT2D eigenvalue weighted by Crippen LogP contribution is 2.26. The Bertz CT molecular complexity index is 816. The lowest BCUT2D eigenvalue weighted by atomic mass is 9.99. The predicted molar refractivity (Wildman–Crippen MR) is 103 cm³/mol. The van der Waals surface area contributed by atoms with Gasteiger partial charge in [-0.05, 0) is 47.9 Å². The summed E-state index contributed by atoms with van der Waals surface area (Å²) in [5.41, 5.74) is 2.66. The molecular weight excluding hydrogens is 364 g/mol. The zero-order chi connectivity index (χ0) is 20.3. The van der Waals surface area contributed by atoms with Crippen LogP contribution in [0.2, 0.25) is 0 Å². The molecule has 0 saturated carbocycles. The summed E-state index contributed by atoms with van der Waals surface area (Å²) in [5.74, 6) is 0.609. The second-order valence-corrected chi connectivity index (χ2v) is 6.82. The van der Waals surface area contributed by atoms with Crippen LogP contribution < -0.4 is 4.74 Å². The van der Waals surface area contributed by atoms with Gasteiger partial charge >= 0.3 is 0 Å². The van der Waals surface area contributed by atoms with Crippen molar-refractivity contribution in [3.05, 3.63) is 59.2 Å². The standard InChI is InChI=1S/C21H24O7/c1-12-8-14(3-2-13-4-6-15(23)7-5-13)10-16(9-12)27-21-20(26)19(25)18(24)17(11-22)28-21/h2-10,17-26H,11H2,1H3/t17-,18-,19+,20-,21-/m1/s1. The molecule has 1 heterocycles. The smallest absolute Gasteiger partial charge is 0.229 e. The minimum Gasteiger partial charge on any atom is -0.508 e. The van der Waals surface area contributed by atoms with Crippen LogP contribution in [0, 0.1) is 6.92 Å². The summed E-state index contributed by atoms with van der Waals surface area (Å²) in [6.07, 6.45) is -2.89. The number of hydrogen-bond acceptors (Lipinski definition) is 7. The second kappa shape index (κ2) is 8.72. The number of aliphatic hydroxyl groups excluding tert-OH is 4. The van der Waals surface area contributed by atoms with Gasteiger partial charge in [-0.1, -0.05) is 30.4 Å². The lowest BCUT2D eigenvalue weighted by molar-refractivity contribution is -0.277. The quantitative estimate of drug-likeness (QED) is 0.486. The number of phenols is 1. The maximum absolute atomic E-state index is 10.1. The largest absolute Gasteiger partial charge is 0.508 e. The van der Waals surface area contributed by atoms with Gasteiger partial charge in [0.2, 0.25) is 6.29 Å². The van der Waals surface area contributed by atoms with Crippen LogP contribution in [0.4, 0.5) is 0 Å². The van der Waals surface area contributed by atoms with Gasteiger partial charge in [0.25, 0.3) is 0 Å². The fraction of sp³-hybridized carbons (Fsp3) is 0.333. The fourth-order valence-electron chi connectivity index (χ4n) is 3.02. The van der Waals surface area contributed by atoms with Crippen molar-refractivity contribution in [2.45, 2.75) is 37.6 Å². The summed E-state index contributed by atoms with van der Waals surface area (Å²) in [6, 6.07) is 12.2. The number of aliphatic hydroxyl groups is 4. The molecular formula is C21H24O7. The summed E-state index contributed by atoms with van der Waals surface area (Å²) in [7, 11) is 0. The van der Waals surface area contributed by atoms with Gasteiger partial charge in [0.1, 0.15) is 35.9 Å². The summed E-state index contributed by atoms with van der Waals surface area (Å²) in [4.78, 5) is 0. The molecule has 2 aromatic rings. The highest BCUT2D eigenvalue weighted by Gasteiger charge is 2.44. The van der Waals surface area contributed by atoms with Gasteiger partial charge in [0.05, 0.1) is 6.61 Å². The molecule has 0 aliphatic carbocycles. The first-order chi connectivity index (χ1) is 13.4. The van der Waals surface area contributed by atoms with Crippen LogP contribution in [-0.4, -0.2) is 62.8 Å². The highest BCUT2D eigenvalue weighted by molar-refractivity contribution is 5.70. The van der Waals surface area contributed by atoms with Crippen LogP contribution in [0.5, 0.6) is 11.5 Å². The molecule has 0 aromatic heterocycles. The van der Waals surface area contributed by atoms with Gasteiger partial charge in [0, 0.05) is 0 Å². The van der Waals surface area contributed by atoms with Crippen LogP contribution >= 0.6 is 0 Å². The molecule has 1 aliphatic heterocycles. The van der Waals surface area contributed by atoms with Crippen LogP contribution in [0.25, 0.3) is 12.2 Å². The van der Waals surface area contributed by atoms with E-state index in [-0.39, 0.29) is 5.75 Å². The Morgan fingerprint density at radius 2 is 1.61 bits per heavy atom. The van der Waals surface area contributed by atoms with E-state index in [1.54, 1.807) is 36.4 Å². The average Bonchev–Trinajstić information content (AvgIpc) is 2.67. The normalized spacial score (nSPS) is 27.8. The maximum Gasteiger partial charge on any atom is 0.229 e. The van der Waals surface area contributed by atoms with E-state index < -0.39 is 37.3 Å². The van der Waals surface area contributed by atoms with Crippen molar-refractivity contribution in [1.29, 1.82) is 0 Å². The molecule has 5 atom stereocenters. The molecule has 28 heavy (non-hydrogen) atoms. The Hall–Kier alpha value is -2.42. The van der Waals surface area contributed by atoms with Gasteiger partial charge in [-0.3, -0.25) is 0 Å². The zero-order valence-electron chi connectivity index (χ0n) is 15.3. The molecule has 1 saturated heterocycles. The van der Waals surface area contributed by atoms with E-state index >= 15 is 0 Å². The molecule has 0 bridgehead atoms. The topological polar surface area (TPSA) is 120 Å². The summed E-state index contributed by atoms with van der Waals surface area (Å²) >= 11 is 0. The molecule has 1 fully saturated rings. The number of aryl methyl sites for hydroxylation is 1. The Labute approximate surface area is 162 Å². The SMILES string of the molecule is Cc1cc(C=Cc2ccc(O)cc2)cc(O[C@@H]2O[C@H](CO)[C@@H](O)[C@H](O)[C@H]2O)c1. The molecule has 1 aliphatic rings. The van der Waals surface area contributed by atoms with E-state index in [0.717, 1.165) is 16.7 Å². The number of hydrogen-bond donors (Lipinski definition) is 5. The van der Waals surface area contributed by atoms with Crippen molar-refractivity contribution in [2.75, 3.05) is 6.61 Å². The molecule has 0 radical (unpaired) electrons. The summed E-state index contributed by atoms with van der Waals surface area (Å²) in [5, 5.41) is 48.5. The Morgan fingerprint density at radius 1 is 0.929 bits per heavy atom. The van der Waals surface area contributed by atoms with Crippen LogP contribution in [-0.2, 0) is 4.74 Å². The maximum atomic E-state index is 10.1. The van der Waals surface area contributed by atoms with Crippen molar-refractivity contribution in [2.24, 2.45) is 0 Å². The molecule has 0 spiro atoms. The monoisotopic (exact) mass is 388 g/mol. The minimum absolute atomic E-state index is 0.197. The zero-order valence-corrected chi connectivity index (χ0v) is 15.3. The molecule has 5 N–H and O–H groups in total. The minimum atomic E-state index is -1.49. The molecule has 7 heteroatoms. The number of phenolic OH excluding ortho intramolecular Hbond substituents is 1. The van der Waals surface area contributed by atoms with Gasteiger partial charge in [-0.25, -0.2) is 0 Å². The number of benzene rings is 2. The number of ether oxygens (including phenoxy) is 2. The highest BCUT2D eigenvalue weighted by atomic mass is 16.7. The second-order valence-electron chi connectivity index (χ2n) is 6.82. The van der Waals surface area contributed by atoms with E-state index in [1.165, 1.54) is 0 Å². The molecule has 3 rings (SSSR count). The van der Waals surface area contributed by atoms with Crippen LogP contribution in [0.15, 0.2) is 42.5 Å². The molecule has 0 amide bonds. The predicted octanol–water partition coefficient (Wildman–Crippen LogP) is 1.05. The fourth-order valence-corrected chi connectivity index (χ4v) is 3.02.